The zero-order valence-electron chi connectivity index (χ0n) is 13.5. The highest BCUT2D eigenvalue weighted by Crippen LogP contribution is 2.21. The van der Waals surface area contributed by atoms with Crippen molar-refractivity contribution >= 4 is 11.8 Å². The summed E-state index contributed by atoms with van der Waals surface area (Å²) in [6.07, 6.45) is 0.266. The van der Waals surface area contributed by atoms with Crippen molar-refractivity contribution in [2.24, 2.45) is 0 Å². The van der Waals surface area contributed by atoms with E-state index in [-0.39, 0.29) is 24.3 Å². The smallest absolute Gasteiger partial charge is 0.271 e. The fraction of sp³-hybridized carbons (Fsp3) is 0.263. The Balaban J connectivity index is 1.48. The van der Waals surface area contributed by atoms with Crippen molar-refractivity contribution in [3.63, 3.8) is 0 Å². The van der Waals surface area contributed by atoms with Gasteiger partial charge < -0.3 is 5.32 Å². The van der Waals surface area contributed by atoms with E-state index >= 15 is 0 Å². The molecule has 2 aromatic carbocycles. The van der Waals surface area contributed by atoms with E-state index in [1.165, 1.54) is 5.06 Å². The third-order valence-electron chi connectivity index (χ3n) is 4.07. The largest absolute Gasteiger partial charge is 0.342 e. The lowest BCUT2D eigenvalue weighted by Crippen LogP contribution is -2.69. The van der Waals surface area contributed by atoms with Crippen molar-refractivity contribution in [1.29, 1.82) is 0 Å². The number of amides is 2. The molecule has 0 saturated carbocycles. The summed E-state index contributed by atoms with van der Waals surface area (Å²) in [6, 6.07) is 18.4. The van der Waals surface area contributed by atoms with E-state index in [0.717, 1.165) is 11.1 Å². The molecule has 0 radical (unpaired) electrons. The molecule has 0 spiro atoms. The van der Waals surface area contributed by atoms with Crippen LogP contribution in [0.25, 0.3) is 0 Å². The van der Waals surface area contributed by atoms with Crippen LogP contribution in [0.2, 0.25) is 0 Å². The summed E-state index contributed by atoms with van der Waals surface area (Å²) in [7, 11) is 0. The van der Waals surface area contributed by atoms with Gasteiger partial charge in [0.25, 0.3) is 5.91 Å². The van der Waals surface area contributed by atoms with Gasteiger partial charge in [0.2, 0.25) is 5.91 Å². The molecule has 0 bridgehead atoms. The van der Waals surface area contributed by atoms with Crippen LogP contribution in [-0.2, 0) is 27.5 Å². The lowest BCUT2D eigenvalue weighted by molar-refractivity contribution is -0.237. The highest BCUT2D eigenvalue weighted by atomic mass is 16.7. The second kappa shape index (κ2) is 7.27. The molecule has 1 aliphatic rings. The van der Waals surface area contributed by atoms with Crippen molar-refractivity contribution in [3.8, 4) is 0 Å². The number of carbonyl (C=O) groups is 2. The molecule has 1 N–H and O–H groups in total. The number of hydrogen-bond acceptors (Lipinski definition) is 3. The second-order valence-corrected chi connectivity index (χ2v) is 5.87. The van der Waals surface area contributed by atoms with Gasteiger partial charge in [-0.15, -0.1) is 0 Å². The van der Waals surface area contributed by atoms with Crippen LogP contribution < -0.4 is 5.32 Å². The molecule has 1 aliphatic heterocycles. The third kappa shape index (κ3) is 3.63. The van der Waals surface area contributed by atoms with E-state index in [1.807, 2.05) is 67.6 Å². The molecule has 0 aliphatic carbocycles. The Morgan fingerprint density at radius 3 is 2.21 bits per heavy atom. The topological polar surface area (TPSA) is 58.6 Å². The van der Waals surface area contributed by atoms with E-state index in [1.54, 1.807) is 0 Å². The number of β-lactam (4-membered cyclic amide) rings is 1. The van der Waals surface area contributed by atoms with Crippen molar-refractivity contribution in [2.45, 2.75) is 32.0 Å². The number of hydrogen-bond donors (Lipinski definition) is 1. The maximum absolute atomic E-state index is 12.2. The molecule has 5 nitrogen and oxygen atoms in total. The number of rotatable bonds is 6. The Labute approximate surface area is 141 Å². The average Bonchev–Trinajstić information content (AvgIpc) is 2.61. The van der Waals surface area contributed by atoms with Crippen LogP contribution in [0, 0.1) is 0 Å². The summed E-state index contributed by atoms with van der Waals surface area (Å²) in [5.74, 6) is -0.367. The third-order valence-corrected chi connectivity index (χ3v) is 4.07. The summed E-state index contributed by atoms with van der Waals surface area (Å²) in [5, 5.41) is 4.12. The van der Waals surface area contributed by atoms with Gasteiger partial charge in [-0.05, 0) is 18.1 Å². The Kier molecular flexibility index (Phi) is 4.91. The highest BCUT2D eigenvalue weighted by molar-refractivity contribution is 5.93. The van der Waals surface area contributed by atoms with Gasteiger partial charge in [0.1, 0.15) is 12.6 Å². The number of nitrogens with zero attached hydrogens (tertiary/aromatic N) is 1. The van der Waals surface area contributed by atoms with Crippen molar-refractivity contribution in [2.75, 3.05) is 0 Å². The van der Waals surface area contributed by atoms with E-state index in [9.17, 15) is 9.59 Å². The standard InChI is InChI=1S/C19H20N2O3/c1-14-18(20-17(22)12-15-8-4-2-5-9-15)19(23)21(14)24-13-16-10-6-3-7-11-16/h2-11,14,18H,12-13H2,1H3,(H,20,22)/t14?,18-/m0/s1. The van der Waals surface area contributed by atoms with E-state index in [2.05, 4.69) is 5.32 Å². The Bertz CT molecular complexity index is 703. The number of carbonyl (C=O) groups excluding carboxylic acids is 2. The molecule has 5 heteroatoms. The van der Waals surface area contributed by atoms with Crippen LogP contribution in [0.15, 0.2) is 60.7 Å². The molecule has 124 valence electrons. The van der Waals surface area contributed by atoms with Crippen LogP contribution in [0.4, 0.5) is 0 Å². The number of hydroxylamine groups is 2. The first-order valence-corrected chi connectivity index (χ1v) is 7.98. The van der Waals surface area contributed by atoms with Crippen molar-refractivity contribution in [1.82, 2.24) is 10.4 Å². The number of nitrogens with one attached hydrogen (secondary N) is 1. The van der Waals surface area contributed by atoms with Crippen LogP contribution in [0.5, 0.6) is 0 Å². The summed E-state index contributed by atoms with van der Waals surface area (Å²) in [6.45, 7) is 2.20. The minimum absolute atomic E-state index is 0.158. The molecular formula is C19H20N2O3. The molecular weight excluding hydrogens is 304 g/mol. The SMILES string of the molecule is CC1[C@H](NC(=O)Cc2ccccc2)C(=O)N1OCc1ccccc1. The van der Waals surface area contributed by atoms with Gasteiger partial charge in [-0.3, -0.25) is 14.4 Å². The zero-order chi connectivity index (χ0) is 16.9. The van der Waals surface area contributed by atoms with Crippen molar-refractivity contribution < 1.29 is 14.4 Å². The van der Waals surface area contributed by atoms with Crippen LogP contribution in [0.3, 0.4) is 0 Å². The Hall–Kier alpha value is -2.66. The normalized spacial score (nSPS) is 19.7. The molecule has 1 fully saturated rings. The van der Waals surface area contributed by atoms with Gasteiger partial charge in [0.15, 0.2) is 0 Å². The molecule has 2 amide bonds. The first kappa shape index (κ1) is 16.2. The number of benzene rings is 2. The van der Waals surface area contributed by atoms with E-state index in [0.29, 0.717) is 6.61 Å². The predicted octanol–water partition coefficient (Wildman–Crippen LogP) is 2.08. The highest BCUT2D eigenvalue weighted by Gasteiger charge is 2.46. The first-order chi connectivity index (χ1) is 11.6. The maximum Gasteiger partial charge on any atom is 0.271 e. The quantitative estimate of drug-likeness (QED) is 0.828. The van der Waals surface area contributed by atoms with Gasteiger partial charge in [-0.1, -0.05) is 60.7 Å². The monoisotopic (exact) mass is 324 g/mol. The lowest BCUT2D eigenvalue weighted by Gasteiger charge is -2.43. The minimum Gasteiger partial charge on any atom is -0.342 e. The fourth-order valence-corrected chi connectivity index (χ4v) is 2.68. The zero-order valence-corrected chi connectivity index (χ0v) is 13.5. The van der Waals surface area contributed by atoms with Crippen molar-refractivity contribution in [3.05, 3.63) is 71.8 Å². The fourth-order valence-electron chi connectivity index (χ4n) is 2.68. The van der Waals surface area contributed by atoms with Gasteiger partial charge in [0, 0.05) is 0 Å². The minimum atomic E-state index is -0.517. The summed E-state index contributed by atoms with van der Waals surface area (Å²) in [5.41, 5.74) is 1.92. The molecule has 2 aromatic rings. The maximum atomic E-state index is 12.2. The molecule has 0 aromatic heterocycles. The lowest BCUT2D eigenvalue weighted by atomic mass is 9.99. The summed E-state index contributed by atoms with van der Waals surface area (Å²) in [4.78, 5) is 29.8. The molecule has 1 saturated heterocycles. The molecule has 1 heterocycles. The molecule has 3 rings (SSSR count). The van der Waals surface area contributed by atoms with Gasteiger partial charge in [-0.2, -0.15) is 0 Å². The van der Waals surface area contributed by atoms with Gasteiger partial charge >= 0.3 is 0 Å². The molecule has 2 atom stereocenters. The summed E-state index contributed by atoms with van der Waals surface area (Å²) >= 11 is 0. The predicted molar refractivity (Wildman–Crippen MR) is 89.6 cm³/mol. The van der Waals surface area contributed by atoms with Crippen LogP contribution >= 0.6 is 0 Å². The Morgan fingerprint density at radius 1 is 1.04 bits per heavy atom. The van der Waals surface area contributed by atoms with Crippen LogP contribution in [0.1, 0.15) is 18.1 Å². The Morgan fingerprint density at radius 2 is 1.62 bits per heavy atom. The van der Waals surface area contributed by atoms with E-state index < -0.39 is 6.04 Å². The molecule has 24 heavy (non-hydrogen) atoms. The summed E-state index contributed by atoms with van der Waals surface area (Å²) < 4.78 is 0. The average molecular weight is 324 g/mol. The first-order valence-electron chi connectivity index (χ1n) is 7.98. The van der Waals surface area contributed by atoms with Gasteiger partial charge in [-0.25, -0.2) is 5.06 Å². The van der Waals surface area contributed by atoms with Crippen LogP contribution in [-0.4, -0.2) is 29.0 Å². The second-order valence-electron chi connectivity index (χ2n) is 5.87. The van der Waals surface area contributed by atoms with Gasteiger partial charge in [0.05, 0.1) is 12.5 Å². The van der Waals surface area contributed by atoms with E-state index in [4.69, 9.17) is 4.84 Å². The molecule has 1 unspecified atom stereocenters.